The zero-order chi connectivity index (χ0) is 17.2. The van der Waals surface area contributed by atoms with Crippen LogP contribution >= 0.6 is 15.9 Å². The number of ether oxygens (including phenoxy) is 1. The quantitative estimate of drug-likeness (QED) is 0.786. The number of nitrogens with zero attached hydrogens (tertiary/aromatic N) is 3. The number of carboxylic acids is 1. The van der Waals surface area contributed by atoms with E-state index < -0.39 is 23.7 Å². The van der Waals surface area contributed by atoms with E-state index in [0.717, 1.165) is 5.69 Å². The van der Waals surface area contributed by atoms with Crippen molar-refractivity contribution < 1.29 is 19.4 Å². The Morgan fingerprint density at radius 3 is 2.65 bits per heavy atom. The number of hydrogen-bond donors (Lipinski definition) is 1. The zero-order valence-corrected chi connectivity index (χ0v) is 14.9. The molecule has 1 aliphatic rings. The summed E-state index contributed by atoms with van der Waals surface area (Å²) in [7, 11) is 0. The van der Waals surface area contributed by atoms with E-state index in [9.17, 15) is 14.7 Å². The van der Waals surface area contributed by atoms with E-state index in [0.29, 0.717) is 11.1 Å². The second-order valence-corrected chi connectivity index (χ2v) is 7.04. The SMILES string of the molecule is CC(C)(C)OC(=O)N1CCN(c2cccnc2Br)CC1C(=O)O. The normalized spacial score (nSPS) is 18.7. The molecule has 1 N–H and O–H groups in total. The van der Waals surface area contributed by atoms with Crippen molar-refractivity contribution in [2.75, 3.05) is 24.5 Å². The van der Waals surface area contributed by atoms with E-state index in [2.05, 4.69) is 20.9 Å². The molecule has 7 nitrogen and oxygen atoms in total. The summed E-state index contributed by atoms with van der Waals surface area (Å²) in [5.74, 6) is -1.06. The van der Waals surface area contributed by atoms with Crippen LogP contribution in [0.1, 0.15) is 20.8 Å². The van der Waals surface area contributed by atoms with Gasteiger partial charge in [-0.15, -0.1) is 0 Å². The summed E-state index contributed by atoms with van der Waals surface area (Å²) in [5, 5.41) is 9.49. The predicted octanol–water partition coefficient (Wildman–Crippen LogP) is 2.35. The second kappa shape index (κ2) is 6.74. The molecule has 0 bridgehead atoms. The maximum absolute atomic E-state index is 12.2. The van der Waals surface area contributed by atoms with Crippen LogP contribution in [0.4, 0.5) is 10.5 Å². The number of piperazine rings is 1. The third-order valence-electron chi connectivity index (χ3n) is 3.37. The van der Waals surface area contributed by atoms with Gasteiger partial charge < -0.3 is 14.7 Å². The standard InChI is InChI=1S/C15H20BrN3O4/c1-15(2,3)23-14(22)19-8-7-18(9-11(19)13(20)21)10-5-4-6-17-12(10)16/h4-6,11H,7-9H2,1-3H3,(H,20,21). The van der Waals surface area contributed by atoms with Crippen molar-refractivity contribution >= 4 is 33.7 Å². The van der Waals surface area contributed by atoms with Crippen molar-refractivity contribution in [3.8, 4) is 0 Å². The monoisotopic (exact) mass is 385 g/mol. The topological polar surface area (TPSA) is 83.0 Å². The fourth-order valence-electron chi connectivity index (χ4n) is 2.37. The molecule has 0 saturated carbocycles. The minimum absolute atomic E-state index is 0.179. The molecule has 0 aromatic carbocycles. The first kappa shape index (κ1) is 17.5. The second-order valence-electron chi connectivity index (χ2n) is 6.29. The summed E-state index contributed by atoms with van der Waals surface area (Å²) < 4.78 is 5.95. The molecule has 0 spiro atoms. The van der Waals surface area contributed by atoms with Crippen LogP contribution in [0.2, 0.25) is 0 Å². The van der Waals surface area contributed by atoms with Gasteiger partial charge >= 0.3 is 12.1 Å². The zero-order valence-electron chi connectivity index (χ0n) is 13.3. The average Bonchev–Trinajstić information content (AvgIpc) is 2.45. The number of carboxylic acid groups (broad SMARTS) is 1. The minimum Gasteiger partial charge on any atom is -0.480 e. The molecule has 2 heterocycles. The van der Waals surface area contributed by atoms with Crippen LogP contribution in [0, 0.1) is 0 Å². The number of halogens is 1. The van der Waals surface area contributed by atoms with E-state index >= 15 is 0 Å². The molecule has 126 valence electrons. The van der Waals surface area contributed by atoms with Crippen molar-refractivity contribution in [1.29, 1.82) is 0 Å². The molecule has 1 saturated heterocycles. The molecule has 2 rings (SSSR count). The third-order valence-corrected chi connectivity index (χ3v) is 3.98. The summed E-state index contributed by atoms with van der Waals surface area (Å²) in [6, 6.07) is 2.68. The number of anilines is 1. The Morgan fingerprint density at radius 2 is 2.09 bits per heavy atom. The predicted molar refractivity (Wildman–Crippen MR) is 88.5 cm³/mol. The number of carbonyl (C=O) groups is 2. The summed E-state index contributed by atoms with van der Waals surface area (Å²) in [5.41, 5.74) is 0.145. The lowest BCUT2D eigenvalue weighted by Crippen LogP contribution is -2.59. The van der Waals surface area contributed by atoms with Crippen LogP contribution in [0.3, 0.4) is 0 Å². The van der Waals surface area contributed by atoms with Gasteiger partial charge in [-0.2, -0.15) is 0 Å². The number of rotatable bonds is 2. The highest BCUT2D eigenvalue weighted by atomic mass is 79.9. The Bertz CT molecular complexity index is 603. The molecule has 1 aromatic heterocycles. The van der Waals surface area contributed by atoms with E-state index in [1.165, 1.54) is 4.90 Å². The number of pyridine rings is 1. The fraction of sp³-hybridized carbons (Fsp3) is 0.533. The van der Waals surface area contributed by atoms with Gasteiger partial charge in [0.2, 0.25) is 0 Å². The highest BCUT2D eigenvalue weighted by molar-refractivity contribution is 9.10. The summed E-state index contributed by atoms with van der Waals surface area (Å²) in [4.78, 5) is 31.2. The van der Waals surface area contributed by atoms with Crippen LogP contribution < -0.4 is 4.90 Å². The van der Waals surface area contributed by atoms with Crippen LogP contribution in [0.25, 0.3) is 0 Å². The van der Waals surface area contributed by atoms with E-state index in [1.807, 2.05) is 11.0 Å². The van der Waals surface area contributed by atoms with Crippen molar-refractivity contribution in [2.24, 2.45) is 0 Å². The van der Waals surface area contributed by atoms with Crippen LogP contribution in [-0.4, -0.2) is 58.3 Å². The highest BCUT2D eigenvalue weighted by Gasteiger charge is 2.38. The first-order valence-corrected chi connectivity index (χ1v) is 8.06. The van der Waals surface area contributed by atoms with Crippen molar-refractivity contribution in [3.05, 3.63) is 22.9 Å². The van der Waals surface area contributed by atoms with Crippen molar-refractivity contribution in [2.45, 2.75) is 32.4 Å². The fourth-order valence-corrected chi connectivity index (χ4v) is 2.87. The van der Waals surface area contributed by atoms with Gasteiger partial charge in [-0.05, 0) is 48.8 Å². The number of aromatic nitrogens is 1. The third kappa shape index (κ3) is 4.34. The molecule has 1 aromatic rings. The lowest BCUT2D eigenvalue weighted by atomic mass is 10.1. The first-order valence-electron chi connectivity index (χ1n) is 7.27. The van der Waals surface area contributed by atoms with Crippen LogP contribution in [0.5, 0.6) is 0 Å². The lowest BCUT2D eigenvalue weighted by molar-refractivity contribution is -0.143. The molecule has 1 fully saturated rings. The molecular weight excluding hydrogens is 366 g/mol. The van der Waals surface area contributed by atoms with Crippen LogP contribution in [0.15, 0.2) is 22.9 Å². The number of aliphatic carboxylic acids is 1. The summed E-state index contributed by atoms with van der Waals surface area (Å²) >= 11 is 3.37. The number of hydrogen-bond acceptors (Lipinski definition) is 5. The molecule has 1 atom stereocenters. The Morgan fingerprint density at radius 1 is 1.39 bits per heavy atom. The lowest BCUT2D eigenvalue weighted by Gasteiger charge is -2.40. The maximum atomic E-state index is 12.2. The van der Waals surface area contributed by atoms with Gasteiger partial charge in [-0.3, -0.25) is 4.90 Å². The Kier molecular flexibility index (Phi) is 5.13. The van der Waals surface area contributed by atoms with Gasteiger partial charge in [0.15, 0.2) is 0 Å². The summed E-state index contributed by atoms with van der Waals surface area (Å²) in [6.07, 6.45) is 1.05. The van der Waals surface area contributed by atoms with Gasteiger partial charge in [-0.25, -0.2) is 14.6 Å². The average molecular weight is 386 g/mol. The largest absolute Gasteiger partial charge is 0.480 e. The number of amides is 1. The molecule has 0 radical (unpaired) electrons. The van der Waals surface area contributed by atoms with E-state index in [-0.39, 0.29) is 13.1 Å². The molecular formula is C15H20BrN3O4. The highest BCUT2D eigenvalue weighted by Crippen LogP contribution is 2.26. The van der Waals surface area contributed by atoms with Gasteiger partial charge in [0.25, 0.3) is 0 Å². The van der Waals surface area contributed by atoms with Crippen molar-refractivity contribution in [3.63, 3.8) is 0 Å². The van der Waals surface area contributed by atoms with E-state index in [4.69, 9.17) is 4.74 Å². The van der Waals surface area contributed by atoms with Crippen molar-refractivity contribution in [1.82, 2.24) is 9.88 Å². The van der Waals surface area contributed by atoms with Gasteiger partial charge in [0, 0.05) is 25.8 Å². The van der Waals surface area contributed by atoms with Crippen LogP contribution in [-0.2, 0) is 9.53 Å². The molecule has 8 heteroatoms. The Hall–Kier alpha value is -1.83. The first-order chi connectivity index (χ1) is 10.7. The molecule has 1 amide bonds. The number of carbonyl (C=O) groups excluding carboxylic acids is 1. The van der Waals surface area contributed by atoms with E-state index in [1.54, 1.807) is 33.0 Å². The maximum Gasteiger partial charge on any atom is 0.411 e. The Labute approximate surface area is 143 Å². The molecule has 23 heavy (non-hydrogen) atoms. The van der Waals surface area contributed by atoms with Gasteiger partial charge in [0.1, 0.15) is 16.2 Å². The minimum atomic E-state index is -1.06. The molecule has 1 aliphatic heterocycles. The molecule has 1 unspecified atom stereocenters. The smallest absolute Gasteiger partial charge is 0.411 e. The van der Waals surface area contributed by atoms with Gasteiger partial charge in [0.05, 0.1) is 5.69 Å². The van der Waals surface area contributed by atoms with Gasteiger partial charge in [-0.1, -0.05) is 0 Å². The summed E-state index contributed by atoms with van der Waals surface area (Å²) in [6.45, 7) is 6.22. The Balaban J connectivity index is 2.17. The molecule has 0 aliphatic carbocycles.